The van der Waals surface area contributed by atoms with Gasteiger partial charge in [0, 0.05) is 6.42 Å². The number of aromatic nitrogens is 4. The number of ether oxygens (including phenoxy) is 1. The first kappa shape index (κ1) is 12.2. The van der Waals surface area contributed by atoms with Crippen LogP contribution in [0.3, 0.4) is 0 Å². The van der Waals surface area contributed by atoms with Crippen LogP contribution >= 0.6 is 0 Å². The first-order valence-electron chi connectivity index (χ1n) is 5.79. The first-order valence-corrected chi connectivity index (χ1v) is 5.79. The second-order valence-corrected chi connectivity index (χ2v) is 3.75. The summed E-state index contributed by atoms with van der Waals surface area (Å²) in [7, 11) is 1.64. The van der Waals surface area contributed by atoms with Gasteiger partial charge < -0.3 is 4.74 Å². The molecule has 0 aliphatic heterocycles. The van der Waals surface area contributed by atoms with E-state index < -0.39 is 0 Å². The average molecular weight is 245 g/mol. The highest BCUT2D eigenvalue weighted by atomic mass is 16.5. The predicted octanol–water partition coefficient (Wildman–Crippen LogP) is 1.52. The van der Waals surface area contributed by atoms with Gasteiger partial charge in [-0.25, -0.2) is 0 Å². The summed E-state index contributed by atoms with van der Waals surface area (Å²) in [6.07, 6.45) is 3.51. The summed E-state index contributed by atoms with van der Waals surface area (Å²) in [5, 5.41) is 15.6. The van der Waals surface area contributed by atoms with Crippen LogP contribution in [0.4, 0.5) is 0 Å². The van der Waals surface area contributed by atoms with Gasteiger partial charge in [-0.15, -0.1) is 9.89 Å². The quantitative estimate of drug-likeness (QED) is 0.749. The third-order valence-corrected chi connectivity index (χ3v) is 2.42. The fourth-order valence-electron chi connectivity index (χ4n) is 1.48. The van der Waals surface area contributed by atoms with Crippen LogP contribution in [0.1, 0.15) is 24.7 Å². The first-order chi connectivity index (χ1) is 8.83. The summed E-state index contributed by atoms with van der Waals surface area (Å²) < 4.78 is 5.09. The van der Waals surface area contributed by atoms with E-state index in [0.29, 0.717) is 0 Å². The van der Waals surface area contributed by atoms with Gasteiger partial charge in [0.1, 0.15) is 5.75 Å². The van der Waals surface area contributed by atoms with Crippen LogP contribution < -0.4 is 4.74 Å². The van der Waals surface area contributed by atoms with Crippen LogP contribution in [0.15, 0.2) is 29.4 Å². The minimum atomic E-state index is 0.766. The zero-order valence-corrected chi connectivity index (χ0v) is 10.4. The molecule has 2 rings (SSSR count). The van der Waals surface area contributed by atoms with Gasteiger partial charge in [-0.2, -0.15) is 5.10 Å². The van der Waals surface area contributed by atoms with Crippen LogP contribution in [0.5, 0.6) is 5.75 Å². The summed E-state index contributed by atoms with van der Waals surface area (Å²) in [6.45, 7) is 2.08. The SMILES string of the molecule is CCCc1nnnn1N=Cc1ccc(OC)cc1. The molecular weight excluding hydrogens is 230 g/mol. The number of rotatable bonds is 5. The van der Waals surface area contributed by atoms with Gasteiger partial charge in [0.2, 0.25) is 0 Å². The fourth-order valence-corrected chi connectivity index (χ4v) is 1.48. The second-order valence-electron chi connectivity index (χ2n) is 3.75. The zero-order chi connectivity index (χ0) is 12.8. The van der Waals surface area contributed by atoms with E-state index in [4.69, 9.17) is 4.74 Å². The van der Waals surface area contributed by atoms with Crippen LogP contribution in [0.2, 0.25) is 0 Å². The normalized spacial score (nSPS) is 11.0. The van der Waals surface area contributed by atoms with Gasteiger partial charge in [-0.3, -0.25) is 0 Å². The molecule has 18 heavy (non-hydrogen) atoms. The topological polar surface area (TPSA) is 65.2 Å². The molecule has 0 unspecified atom stereocenters. The van der Waals surface area contributed by atoms with E-state index in [9.17, 15) is 0 Å². The Hall–Kier alpha value is -2.24. The Kier molecular flexibility index (Phi) is 4.01. The molecule has 0 aliphatic carbocycles. The third-order valence-electron chi connectivity index (χ3n) is 2.42. The van der Waals surface area contributed by atoms with Crippen molar-refractivity contribution in [1.82, 2.24) is 20.3 Å². The van der Waals surface area contributed by atoms with Crippen molar-refractivity contribution in [3.63, 3.8) is 0 Å². The van der Waals surface area contributed by atoms with Crippen molar-refractivity contribution in [2.45, 2.75) is 19.8 Å². The maximum atomic E-state index is 5.09. The molecule has 2 aromatic rings. The summed E-state index contributed by atoms with van der Waals surface area (Å²) in [5.41, 5.74) is 0.966. The lowest BCUT2D eigenvalue weighted by molar-refractivity contribution is 0.415. The third kappa shape index (κ3) is 2.91. The number of hydrogen-bond acceptors (Lipinski definition) is 5. The van der Waals surface area contributed by atoms with Gasteiger partial charge in [-0.05, 0) is 46.7 Å². The van der Waals surface area contributed by atoms with Gasteiger partial charge in [-0.1, -0.05) is 6.92 Å². The van der Waals surface area contributed by atoms with E-state index >= 15 is 0 Å². The van der Waals surface area contributed by atoms with Crippen molar-refractivity contribution >= 4 is 6.21 Å². The van der Waals surface area contributed by atoms with E-state index in [-0.39, 0.29) is 0 Å². The highest BCUT2D eigenvalue weighted by Gasteiger charge is 2.02. The predicted molar refractivity (Wildman–Crippen MR) is 67.8 cm³/mol. The van der Waals surface area contributed by atoms with Gasteiger partial charge >= 0.3 is 0 Å². The summed E-state index contributed by atoms with van der Waals surface area (Å²) in [4.78, 5) is 1.45. The molecule has 0 saturated heterocycles. The standard InChI is InChI=1S/C12H15N5O/c1-3-4-12-14-15-16-17(12)13-9-10-5-7-11(18-2)8-6-10/h5-9H,3-4H2,1-2H3. The monoisotopic (exact) mass is 245 g/mol. The van der Waals surface area contributed by atoms with Crippen molar-refractivity contribution in [1.29, 1.82) is 0 Å². The van der Waals surface area contributed by atoms with Gasteiger partial charge in [0.25, 0.3) is 0 Å². The van der Waals surface area contributed by atoms with Gasteiger partial charge in [0.05, 0.1) is 13.3 Å². The smallest absolute Gasteiger partial charge is 0.176 e. The Morgan fingerprint density at radius 3 is 2.78 bits per heavy atom. The number of benzene rings is 1. The number of methoxy groups -OCH3 is 1. The highest BCUT2D eigenvalue weighted by molar-refractivity contribution is 5.79. The Morgan fingerprint density at radius 2 is 2.11 bits per heavy atom. The number of hydrogen-bond donors (Lipinski definition) is 0. The molecule has 0 radical (unpaired) electrons. The van der Waals surface area contributed by atoms with Crippen molar-refractivity contribution in [2.24, 2.45) is 5.10 Å². The van der Waals surface area contributed by atoms with Crippen molar-refractivity contribution in [3.8, 4) is 5.75 Å². The van der Waals surface area contributed by atoms with Gasteiger partial charge in [0.15, 0.2) is 5.82 Å². The van der Waals surface area contributed by atoms with Crippen molar-refractivity contribution < 1.29 is 4.74 Å². The lowest BCUT2D eigenvalue weighted by atomic mass is 10.2. The maximum Gasteiger partial charge on any atom is 0.176 e. The number of tetrazole rings is 1. The van der Waals surface area contributed by atoms with Crippen LogP contribution in [0, 0.1) is 0 Å². The van der Waals surface area contributed by atoms with E-state index in [1.807, 2.05) is 24.3 Å². The van der Waals surface area contributed by atoms with Crippen LogP contribution in [-0.2, 0) is 6.42 Å². The molecule has 6 nitrogen and oxygen atoms in total. The Labute approximate surface area is 105 Å². The molecule has 1 heterocycles. The molecule has 0 N–H and O–H groups in total. The molecule has 0 bridgehead atoms. The molecule has 0 fully saturated rings. The van der Waals surface area contributed by atoms with Crippen molar-refractivity contribution in [2.75, 3.05) is 7.11 Å². The van der Waals surface area contributed by atoms with Crippen LogP contribution in [0.25, 0.3) is 0 Å². The molecular formula is C12H15N5O. The Morgan fingerprint density at radius 1 is 1.33 bits per heavy atom. The molecule has 1 aromatic carbocycles. The minimum Gasteiger partial charge on any atom is -0.497 e. The molecule has 0 amide bonds. The fraction of sp³-hybridized carbons (Fsp3) is 0.333. The highest BCUT2D eigenvalue weighted by Crippen LogP contribution is 2.09. The van der Waals surface area contributed by atoms with Crippen molar-refractivity contribution in [3.05, 3.63) is 35.7 Å². The summed E-state index contributed by atoms with van der Waals surface area (Å²) in [6, 6.07) is 7.61. The van der Waals surface area contributed by atoms with Crippen LogP contribution in [-0.4, -0.2) is 33.6 Å². The lowest BCUT2D eigenvalue weighted by Gasteiger charge is -1.99. The molecule has 0 atom stereocenters. The molecule has 94 valence electrons. The molecule has 0 saturated carbocycles. The number of nitrogens with zero attached hydrogens (tertiary/aromatic N) is 5. The maximum absolute atomic E-state index is 5.09. The largest absolute Gasteiger partial charge is 0.497 e. The van der Waals surface area contributed by atoms with E-state index in [1.54, 1.807) is 13.3 Å². The zero-order valence-electron chi connectivity index (χ0n) is 10.4. The average Bonchev–Trinajstić information content (AvgIpc) is 2.85. The summed E-state index contributed by atoms with van der Waals surface area (Å²) in [5.74, 6) is 1.59. The van der Waals surface area contributed by atoms with E-state index in [1.165, 1.54) is 4.79 Å². The summed E-state index contributed by atoms with van der Waals surface area (Å²) >= 11 is 0. The number of aryl methyl sites for hydroxylation is 1. The van der Waals surface area contributed by atoms with E-state index in [0.717, 1.165) is 30.0 Å². The molecule has 0 spiro atoms. The van der Waals surface area contributed by atoms with E-state index in [2.05, 4.69) is 27.6 Å². The Balaban J connectivity index is 2.11. The molecule has 1 aromatic heterocycles. The molecule has 0 aliphatic rings. The lowest BCUT2D eigenvalue weighted by Crippen LogP contribution is -2.00. The Bertz CT molecular complexity index is 518. The minimum absolute atomic E-state index is 0.766. The molecule has 6 heteroatoms. The second kappa shape index (κ2) is 5.90.